The number of nitriles is 1. The largest absolute Gasteiger partial charge is 0.379 e. The molecule has 0 unspecified atom stereocenters. The van der Waals surface area contributed by atoms with Crippen molar-refractivity contribution in [2.45, 2.75) is 19.4 Å². The van der Waals surface area contributed by atoms with Gasteiger partial charge in [0.05, 0.1) is 31.0 Å². The highest BCUT2D eigenvalue weighted by molar-refractivity contribution is 6.10. The molecule has 150 valence electrons. The summed E-state index contributed by atoms with van der Waals surface area (Å²) in [6.45, 7) is 3.43. The summed E-state index contributed by atoms with van der Waals surface area (Å²) in [7, 11) is 0. The van der Waals surface area contributed by atoms with Crippen LogP contribution in [0.4, 0.5) is 11.4 Å². The molecule has 1 fully saturated rings. The van der Waals surface area contributed by atoms with Crippen LogP contribution in [0.3, 0.4) is 0 Å². The van der Waals surface area contributed by atoms with Gasteiger partial charge in [0.15, 0.2) is 0 Å². The summed E-state index contributed by atoms with van der Waals surface area (Å²) >= 11 is 0. The van der Waals surface area contributed by atoms with Crippen LogP contribution in [0, 0.1) is 11.3 Å². The first-order chi connectivity index (χ1) is 14.2. The number of para-hydroxylation sites is 1. The average Bonchev–Trinajstić information content (AvgIpc) is 3.29. The molecular weight excluding hydrogens is 370 g/mol. The normalized spacial score (nSPS) is 16.1. The van der Waals surface area contributed by atoms with Crippen LogP contribution >= 0.6 is 0 Å². The van der Waals surface area contributed by atoms with Gasteiger partial charge in [-0.3, -0.25) is 14.5 Å². The van der Waals surface area contributed by atoms with Crippen molar-refractivity contribution < 1.29 is 14.3 Å². The van der Waals surface area contributed by atoms with Crippen LogP contribution in [0.15, 0.2) is 30.3 Å². The molecule has 1 aromatic carbocycles. The molecule has 2 aromatic rings. The average molecular weight is 393 g/mol. The zero-order valence-corrected chi connectivity index (χ0v) is 16.1. The Morgan fingerprint density at radius 2 is 1.86 bits per heavy atom. The van der Waals surface area contributed by atoms with Crippen molar-refractivity contribution in [3.8, 4) is 6.07 Å². The predicted octanol–water partition coefficient (Wildman–Crippen LogP) is 1.83. The maximum Gasteiger partial charge on any atom is 0.274 e. The number of nitrogens with one attached hydrogen (secondary N) is 2. The molecule has 0 saturated carbocycles. The highest BCUT2D eigenvalue weighted by Crippen LogP contribution is 2.33. The van der Waals surface area contributed by atoms with Crippen molar-refractivity contribution in [3.05, 3.63) is 47.3 Å². The van der Waals surface area contributed by atoms with E-state index in [0.29, 0.717) is 61.9 Å². The lowest BCUT2D eigenvalue weighted by Gasteiger charge is -2.25. The minimum atomic E-state index is -0.331. The van der Waals surface area contributed by atoms with Gasteiger partial charge in [-0.15, -0.1) is 0 Å². The summed E-state index contributed by atoms with van der Waals surface area (Å²) in [6, 6.07) is 11.3. The first-order valence-corrected chi connectivity index (χ1v) is 9.79. The monoisotopic (exact) mass is 393 g/mol. The van der Waals surface area contributed by atoms with E-state index in [0.717, 1.165) is 12.1 Å². The first-order valence-electron chi connectivity index (χ1n) is 9.79. The molecule has 2 N–H and O–H groups in total. The zero-order chi connectivity index (χ0) is 20.2. The van der Waals surface area contributed by atoms with Gasteiger partial charge < -0.3 is 19.9 Å². The van der Waals surface area contributed by atoms with Crippen LogP contribution in [0.1, 0.15) is 28.2 Å². The van der Waals surface area contributed by atoms with Crippen LogP contribution in [-0.4, -0.2) is 54.1 Å². The third-order valence-electron chi connectivity index (χ3n) is 5.26. The third kappa shape index (κ3) is 4.01. The van der Waals surface area contributed by atoms with Crippen LogP contribution in [0.5, 0.6) is 0 Å². The molecule has 29 heavy (non-hydrogen) atoms. The van der Waals surface area contributed by atoms with Gasteiger partial charge in [-0.2, -0.15) is 5.26 Å². The molecule has 0 bridgehead atoms. The minimum Gasteiger partial charge on any atom is -0.379 e. The molecule has 0 aliphatic carbocycles. The maximum atomic E-state index is 13.1. The number of fused-ring (bicyclic) bond motifs is 1. The molecular formula is C21H23N5O3. The number of aromatic nitrogens is 1. The van der Waals surface area contributed by atoms with E-state index in [1.54, 1.807) is 12.1 Å². The van der Waals surface area contributed by atoms with Crippen molar-refractivity contribution in [2.24, 2.45) is 0 Å². The molecule has 2 amide bonds. The van der Waals surface area contributed by atoms with Crippen molar-refractivity contribution in [3.63, 3.8) is 0 Å². The number of anilines is 2. The molecule has 0 radical (unpaired) electrons. The Morgan fingerprint density at radius 1 is 1.10 bits per heavy atom. The van der Waals surface area contributed by atoms with Crippen LogP contribution in [-0.2, 0) is 22.5 Å². The summed E-state index contributed by atoms with van der Waals surface area (Å²) < 4.78 is 7.17. The lowest BCUT2D eigenvalue weighted by molar-refractivity contribution is -0.118. The SMILES string of the molecule is N#Cc1c(NC(=O)CN2CCOCC2)c(C(=O)Nc2ccccc2)n2c1CCC2. The lowest BCUT2D eigenvalue weighted by atomic mass is 10.1. The molecule has 4 rings (SSSR count). The first kappa shape index (κ1) is 19.2. The van der Waals surface area contributed by atoms with E-state index in [1.165, 1.54) is 0 Å². The van der Waals surface area contributed by atoms with E-state index in [-0.39, 0.29) is 18.4 Å². The number of morpholine rings is 1. The number of rotatable bonds is 5. The number of carbonyl (C=O) groups excluding carboxylic acids is 2. The number of nitrogens with zero attached hydrogens (tertiary/aromatic N) is 3. The van der Waals surface area contributed by atoms with Crippen LogP contribution in [0.25, 0.3) is 0 Å². The van der Waals surface area contributed by atoms with Gasteiger partial charge in [0.2, 0.25) is 5.91 Å². The Kier molecular flexibility index (Phi) is 5.60. The fourth-order valence-corrected chi connectivity index (χ4v) is 3.91. The molecule has 2 aliphatic rings. The van der Waals surface area contributed by atoms with Gasteiger partial charge in [0.25, 0.3) is 5.91 Å². The molecule has 8 nitrogen and oxygen atoms in total. The van der Waals surface area contributed by atoms with Gasteiger partial charge in [0.1, 0.15) is 11.8 Å². The number of hydrogen-bond acceptors (Lipinski definition) is 5. The molecule has 8 heteroatoms. The highest BCUT2D eigenvalue weighted by atomic mass is 16.5. The zero-order valence-electron chi connectivity index (χ0n) is 16.1. The van der Waals surface area contributed by atoms with Crippen molar-refractivity contribution in [1.82, 2.24) is 9.47 Å². The van der Waals surface area contributed by atoms with Gasteiger partial charge in [-0.1, -0.05) is 18.2 Å². The quantitative estimate of drug-likeness (QED) is 0.807. The second kappa shape index (κ2) is 8.47. The minimum absolute atomic E-state index is 0.203. The number of amides is 2. The fraction of sp³-hybridized carbons (Fsp3) is 0.381. The number of ether oxygens (including phenoxy) is 1. The van der Waals surface area contributed by atoms with Gasteiger partial charge in [-0.25, -0.2) is 0 Å². The second-order valence-electron chi connectivity index (χ2n) is 7.17. The molecule has 2 aliphatic heterocycles. The predicted molar refractivity (Wildman–Crippen MR) is 108 cm³/mol. The smallest absolute Gasteiger partial charge is 0.274 e. The standard InChI is InChI=1S/C21H23N5O3/c22-13-16-17-7-4-8-26(17)20(21(28)23-15-5-2-1-3-6-15)19(16)24-18(27)14-25-9-11-29-12-10-25/h1-3,5-6H,4,7-12,14H2,(H,23,28)(H,24,27). The van der Waals surface area contributed by atoms with Gasteiger partial charge >= 0.3 is 0 Å². The number of benzene rings is 1. The van der Waals surface area contributed by atoms with Gasteiger partial charge in [0, 0.05) is 31.0 Å². The fourth-order valence-electron chi connectivity index (χ4n) is 3.91. The van der Waals surface area contributed by atoms with Gasteiger partial charge in [-0.05, 0) is 25.0 Å². The Hall–Kier alpha value is -3.15. The Labute approximate surface area is 169 Å². The summed E-state index contributed by atoms with van der Waals surface area (Å²) in [5.41, 5.74) is 2.51. The van der Waals surface area contributed by atoms with Crippen LogP contribution < -0.4 is 10.6 Å². The summed E-state index contributed by atoms with van der Waals surface area (Å²) in [6.07, 6.45) is 1.59. The Morgan fingerprint density at radius 3 is 2.59 bits per heavy atom. The van der Waals surface area contributed by atoms with E-state index >= 15 is 0 Å². The third-order valence-corrected chi connectivity index (χ3v) is 5.26. The van der Waals surface area contributed by atoms with Crippen molar-refractivity contribution >= 4 is 23.2 Å². The maximum absolute atomic E-state index is 13.1. The number of carbonyl (C=O) groups is 2. The summed E-state index contributed by atoms with van der Waals surface area (Å²) in [5, 5.41) is 15.4. The van der Waals surface area contributed by atoms with E-state index in [9.17, 15) is 14.9 Å². The second-order valence-corrected chi connectivity index (χ2v) is 7.17. The topological polar surface area (TPSA) is 99.4 Å². The van der Waals surface area contributed by atoms with E-state index < -0.39 is 0 Å². The van der Waals surface area contributed by atoms with Crippen LogP contribution in [0.2, 0.25) is 0 Å². The summed E-state index contributed by atoms with van der Waals surface area (Å²) in [5.74, 6) is -0.566. The Bertz CT molecular complexity index is 955. The van der Waals surface area contributed by atoms with Crippen molar-refractivity contribution in [2.75, 3.05) is 43.5 Å². The highest BCUT2D eigenvalue weighted by Gasteiger charge is 2.31. The molecule has 0 atom stereocenters. The molecule has 1 saturated heterocycles. The molecule has 1 aromatic heterocycles. The molecule has 3 heterocycles. The van der Waals surface area contributed by atoms with E-state index in [2.05, 4.69) is 16.7 Å². The van der Waals surface area contributed by atoms with E-state index in [1.807, 2.05) is 27.7 Å². The summed E-state index contributed by atoms with van der Waals surface area (Å²) in [4.78, 5) is 27.7. The lowest BCUT2D eigenvalue weighted by Crippen LogP contribution is -2.41. The Balaban J connectivity index is 1.61. The number of hydrogen-bond donors (Lipinski definition) is 2. The van der Waals surface area contributed by atoms with Crippen molar-refractivity contribution in [1.29, 1.82) is 5.26 Å². The van der Waals surface area contributed by atoms with E-state index in [4.69, 9.17) is 4.74 Å². The molecule has 0 spiro atoms.